The molecule has 0 heterocycles. The van der Waals surface area contributed by atoms with Crippen LogP contribution in [0.3, 0.4) is 0 Å². The van der Waals surface area contributed by atoms with Crippen molar-refractivity contribution in [1.29, 1.82) is 0 Å². The quantitative estimate of drug-likeness (QED) is 0.555. The molecule has 0 saturated heterocycles. The van der Waals surface area contributed by atoms with Crippen molar-refractivity contribution < 1.29 is 0 Å². The minimum absolute atomic E-state index is 0.485. The van der Waals surface area contributed by atoms with Gasteiger partial charge in [0.2, 0.25) is 0 Å². The molecule has 0 aromatic carbocycles. The summed E-state index contributed by atoms with van der Waals surface area (Å²) in [6, 6.07) is 0. The summed E-state index contributed by atoms with van der Waals surface area (Å²) in [5.74, 6) is 0.857. The van der Waals surface area contributed by atoms with Gasteiger partial charge < -0.3 is 0 Å². The molecule has 0 aromatic rings. The van der Waals surface area contributed by atoms with E-state index in [0.717, 1.165) is 5.92 Å². The minimum atomic E-state index is 0.485. The van der Waals surface area contributed by atoms with E-state index in [4.69, 9.17) is 0 Å². The summed E-state index contributed by atoms with van der Waals surface area (Å²) in [7, 11) is 0. The van der Waals surface area contributed by atoms with E-state index >= 15 is 0 Å². The first-order valence-electron chi connectivity index (χ1n) is 7.90. The second kappa shape index (κ2) is 5.07. The van der Waals surface area contributed by atoms with Crippen LogP contribution in [-0.4, -0.2) is 0 Å². The third-order valence-corrected chi connectivity index (χ3v) is 5.31. The maximum absolute atomic E-state index is 2.60. The highest BCUT2D eigenvalue weighted by Gasteiger charge is 2.39. The van der Waals surface area contributed by atoms with Crippen molar-refractivity contribution in [3.63, 3.8) is 0 Å². The summed E-state index contributed by atoms with van der Waals surface area (Å²) in [6.07, 6.45) is 22.2. The normalized spacial score (nSPS) is 35.7. The van der Waals surface area contributed by atoms with Crippen molar-refractivity contribution in [2.75, 3.05) is 0 Å². The van der Waals surface area contributed by atoms with E-state index in [1.165, 1.54) is 57.8 Å². The Bertz CT molecular complexity index is 396. The summed E-state index contributed by atoms with van der Waals surface area (Å²) in [4.78, 5) is 0. The molecular weight excluding hydrogens is 216 g/mol. The van der Waals surface area contributed by atoms with Gasteiger partial charge in [0.05, 0.1) is 0 Å². The molecule has 0 nitrogen and oxygen atoms in total. The molecule has 0 fully saturated rings. The third kappa shape index (κ3) is 2.11. The highest BCUT2D eigenvalue weighted by Crippen LogP contribution is 2.52. The zero-order valence-electron chi connectivity index (χ0n) is 11.8. The fraction of sp³-hybridized carbons (Fsp3) is 0.667. The largest absolute Gasteiger partial charge is 0.0877 e. The van der Waals surface area contributed by atoms with E-state index in [-0.39, 0.29) is 0 Å². The second-order valence-electron chi connectivity index (χ2n) is 6.34. The number of hydrogen-bond donors (Lipinski definition) is 0. The first-order valence-corrected chi connectivity index (χ1v) is 7.90. The molecule has 18 heavy (non-hydrogen) atoms. The summed E-state index contributed by atoms with van der Waals surface area (Å²) < 4.78 is 0. The standard InChI is InChI=1S/C18H26/c1-2-15-8-6-9-16(14-15)17-10-7-13-18(17)11-4-3-5-12-18/h4,8,10-11,16H,2-3,5-7,9,12-14H2,1H3. The SMILES string of the molecule is CCC1=CCCC(C2=CCCC23C=CCCC3)C1. The molecule has 0 saturated carbocycles. The summed E-state index contributed by atoms with van der Waals surface area (Å²) in [5, 5.41) is 0. The third-order valence-electron chi connectivity index (χ3n) is 5.31. The van der Waals surface area contributed by atoms with Crippen LogP contribution in [0.15, 0.2) is 35.5 Å². The van der Waals surface area contributed by atoms with Gasteiger partial charge in [0.15, 0.2) is 0 Å². The number of allylic oxidation sites excluding steroid dienone is 6. The molecule has 0 N–H and O–H groups in total. The lowest BCUT2D eigenvalue weighted by atomic mass is 9.67. The van der Waals surface area contributed by atoms with Gasteiger partial charge in [-0.3, -0.25) is 0 Å². The minimum Gasteiger partial charge on any atom is -0.0877 e. The second-order valence-corrected chi connectivity index (χ2v) is 6.34. The van der Waals surface area contributed by atoms with Gasteiger partial charge >= 0.3 is 0 Å². The van der Waals surface area contributed by atoms with Crippen LogP contribution >= 0.6 is 0 Å². The Morgan fingerprint density at radius 2 is 2.11 bits per heavy atom. The molecule has 2 unspecified atom stereocenters. The molecule has 3 aliphatic carbocycles. The van der Waals surface area contributed by atoms with Crippen LogP contribution in [0.5, 0.6) is 0 Å². The van der Waals surface area contributed by atoms with Crippen molar-refractivity contribution in [3.8, 4) is 0 Å². The summed E-state index contributed by atoms with van der Waals surface area (Å²) in [5.41, 5.74) is 4.01. The molecule has 3 rings (SSSR count). The maximum atomic E-state index is 2.60. The van der Waals surface area contributed by atoms with E-state index < -0.39 is 0 Å². The van der Waals surface area contributed by atoms with Gasteiger partial charge in [0.1, 0.15) is 0 Å². The van der Waals surface area contributed by atoms with Gasteiger partial charge in [0, 0.05) is 5.41 Å². The zero-order valence-corrected chi connectivity index (χ0v) is 11.8. The van der Waals surface area contributed by atoms with E-state index in [2.05, 4.69) is 31.2 Å². The molecule has 0 heteroatoms. The molecule has 98 valence electrons. The van der Waals surface area contributed by atoms with E-state index in [9.17, 15) is 0 Å². The number of hydrogen-bond acceptors (Lipinski definition) is 0. The summed E-state index contributed by atoms with van der Waals surface area (Å²) >= 11 is 0. The predicted molar refractivity (Wildman–Crippen MR) is 78.5 cm³/mol. The molecule has 0 bridgehead atoms. The smallest absolute Gasteiger partial charge is 0.00966 e. The van der Waals surface area contributed by atoms with Crippen LogP contribution in [0.2, 0.25) is 0 Å². The first kappa shape index (κ1) is 12.3. The molecule has 0 aromatic heterocycles. The van der Waals surface area contributed by atoms with Gasteiger partial charge in [-0.1, -0.05) is 42.4 Å². The molecule has 0 amide bonds. The van der Waals surface area contributed by atoms with Crippen LogP contribution in [0.25, 0.3) is 0 Å². The van der Waals surface area contributed by atoms with Crippen molar-refractivity contribution in [2.24, 2.45) is 11.3 Å². The average Bonchev–Trinajstić information content (AvgIpc) is 2.83. The lowest BCUT2D eigenvalue weighted by molar-refractivity contribution is 0.338. The monoisotopic (exact) mass is 242 g/mol. The van der Waals surface area contributed by atoms with Crippen LogP contribution in [0.1, 0.15) is 64.7 Å². The topological polar surface area (TPSA) is 0 Å². The van der Waals surface area contributed by atoms with Crippen LogP contribution < -0.4 is 0 Å². The van der Waals surface area contributed by atoms with Gasteiger partial charge in [0.25, 0.3) is 0 Å². The highest BCUT2D eigenvalue weighted by atomic mass is 14.4. The van der Waals surface area contributed by atoms with E-state index in [1.54, 1.807) is 5.57 Å². The molecule has 3 aliphatic rings. The lowest BCUT2D eigenvalue weighted by Gasteiger charge is -2.37. The molecule has 2 atom stereocenters. The van der Waals surface area contributed by atoms with Gasteiger partial charge in [-0.2, -0.15) is 0 Å². The fourth-order valence-electron chi connectivity index (χ4n) is 4.33. The van der Waals surface area contributed by atoms with Gasteiger partial charge in [-0.05, 0) is 63.7 Å². The Morgan fingerprint density at radius 3 is 2.89 bits per heavy atom. The molecule has 0 aliphatic heterocycles. The molecular formula is C18H26. The van der Waals surface area contributed by atoms with Crippen molar-refractivity contribution in [1.82, 2.24) is 0 Å². The van der Waals surface area contributed by atoms with Crippen molar-refractivity contribution in [3.05, 3.63) is 35.5 Å². The van der Waals surface area contributed by atoms with Crippen molar-refractivity contribution >= 4 is 0 Å². The average molecular weight is 242 g/mol. The Morgan fingerprint density at radius 1 is 1.17 bits per heavy atom. The maximum Gasteiger partial charge on any atom is 0.00966 e. The Labute approximate surface area is 112 Å². The molecule has 0 radical (unpaired) electrons. The zero-order chi connectivity index (χ0) is 12.4. The van der Waals surface area contributed by atoms with E-state index in [0.29, 0.717) is 5.41 Å². The molecule has 1 spiro atoms. The van der Waals surface area contributed by atoms with Crippen LogP contribution in [0, 0.1) is 11.3 Å². The summed E-state index contributed by atoms with van der Waals surface area (Å²) in [6.45, 7) is 2.31. The van der Waals surface area contributed by atoms with Crippen LogP contribution in [0.4, 0.5) is 0 Å². The Balaban J connectivity index is 1.81. The lowest BCUT2D eigenvalue weighted by Crippen LogP contribution is -2.25. The number of rotatable bonds is 2. The first-order chi connectivity index (χ1) is 8.84. The highest BCUT2D eigenvalue weighted by molar-refractivity contribution is 5.32. The van der Waals surface area contributed by atoms with Gasteiger partial charge in [-0.25, -0.2) is 0 Å². The fourth-order valence-corrected chi connectivity index (χ4v) is 4.33. The van der Waals surface area contributed by atoms with Gasteiger partial charge in [-0.15, -0.1) is 0 Å². The van der Waals surface area contributed by atoms with Crippen LogP contribution in [-0.2, 0) is 0 Å². The Kier molecular flexibility index (Phi) is 3.46. The Hall–Kier alpha value is -0.780. The van der Waals surface area contributed by atoms with Crippen molar-refractivity contribution in [2.45, 2.75) is 64.7 Å². The van der Waals surface area contributed by atoms with E-state index in [1.807, 2.05) is 5.57 Å². The predicted octanol–water partition coefficient (Wildman–Crippen LogP) is 5.57.